The van der Waals surface area contributed by atoms with Gasteiger partial charge in [-0.15, -0.1) is 0 Å². The number of aromatic nitrogens is 2. The van der Waals surface area contributed by atoms with Crippen LogP contribution in [0.15, 0.2) is 35.4 Å². The second-order valence-corrected chi connectivity index (χ2v) is 6.39. The van der Waals surface area contributed by atoms with E-state index in [0.717, 1.165) is 32.5 Å². The number of fused-ring (bicyclic) bond motifs is 1. The van der Waals surface area contributed by atoms with Crippen LogP contribution in [-0.4, -0.2) is 47.0 Å². The summed E-state index contributed by atoms with van der Waals surface area (Å²) in [5.41, 5.74) is 0.609. The smallest absolute Gasteiger partial charge is 0.261 e. The molecule has 1 saturated heterocycles. The zero-order chi connectivity index (χ0) is 16.9. The minimum Gasteiger partial charge on any atom is -0.343 e. The van der Waals surface area contributed by atoms with Crippen molar-refractivity contribution in [3.05, 3.63) is 40.9 Å². The minimum absolute atomic E-state index is 0.0823. The highest BCUT2D eigenvalue weighted by Crippen LogP contribution is 2.17. The van der Waals surface area contributed by atoms with Crippen LogP contribution < -0.4 is 10.9 Å². The second kappa shape index (κ2) is 7.57. The fraction of sp³-hybridized carbons (Fsp3) is 0.500. The first-order valence-corrected chi connectivity index (χ1v) is 8.55. The van der Waals surface area contributed by atoms with Gasteiger partial charge >= 0.3 is 0 Å². The number of carbonyl (C=O) groups is 1. The van der Waals surface area contributed by atoms with Gasteiger partial charge in [0.05, 0.1) is 17.2 Å². The molecule has 2 heterocycles. The Bertz CT molecular complexity index is 763. The molecule has 128 valence electrons. The molecule has 0 bridgehead atoms. The van der Waals surface area contributed by atoms with E-state index in [1.165, 1.54) is 10.9 Å². The van der Waals surface area contributed by atoms with Gasteiger partial charge in [0.2, 0.25) is 5.91 Å². The number of nitrogens with zero attached hydrogens (tertiary/aromatic N) is 3. The lowest BCUT2D eigenvalue weighted by Crippen LogP contribution is -2.41. The average molecular weight is 328 g/mol. The van der Waals surface area contributed by atoms with E-state index >= 15 is 0 Å². The molecule has 0 unspecified atom stereocenters. The van der Waals surface area contributed by atoms with Gasteiger partial charge in [-0.05, 0) is 44.5 Å². The Labute approximate surface area is 141 Å². The quantitative estimate of drug-likeness (QED) is 0.897. The zero-order valence-electron chi connectivity index (χ0n) is 14.1. The Balaban J connectivity index is 1.59. The van der Waals surface area contributed by atoms with E-state index in [0.29, 0.717) is 29.8 Å². The molecule has 3 rings (SSSR count). The van der Waals surface area contributed by atoms with E-state index in [4.69, 9.17) is 0 Å². The van der Waals surface area contributed by atoms with Gasteiger partial charge < -0.3 is 10.2 Å². The Hall–Kier alpha value is -2.21. The van der Waals surface area contributed by atoms with Crippen LogP contribution in [0.3, 0.4) is 0 Å². The molecule has 1 fully saturated rings. The molecule has 1 aromatic carbocycles. The van der Waals surface area contributed by atoms with Crippen LogP contribution in [0.5, 0.6) is 0 Å². The minimum atomic E-state index is -0.0823. The number of carbonyl (C=O) groups excluding carboxylic acids is 1. The summed E-state index contributed by atoms with van der Waals surface area (Å²) in [6.07, 6.45) is 3.97. The monoisotopic (exact) mass is 328 g/mol. The van der Waals surface area contributed by atoms with E-state index in [1.807, 2.05) is 30.1 Å². The molecule has 1 amide bonds. The van der Waals surface area contributed by atoms with Crippen LogP contribution in [0.1, 0.15) is 19.3 Å². The number of para-hydroxylation sites is 1. The highest BCUT2D eigenvalue weighted by molar-refractivity contribution is 5.77. The van der Waals surface area contributed by atoms with Crippen LogP contribution in [-0.2, 0) is 11.3 Å². The molecule has 2 aromatic rings. The van der Waals surface area contributed by atoms with Gasteiger partial charge in [0.15, 0.2) is 0 Å². The molecule has 1 aliphatic rings. The molecule has 1 N–H and O–H groups in total. The normalized spacial score (nSPS) is 15.8. The van der Waals surface area contributed by atoms with Crippen molar-refractivity contribution in [3.63, 3.8) is 0 Å². The summed E-state index contributed by atoms with van der Waals surface area (Å²) in [6, 6.07) is 7.29. The van der Waals surface area contributed by atoms with Crippen molar-refractivity contribution in [3.8, 4) is 0 Å². The van der Waals surface area contributed by atoms with Crippen LogP contribution in [0.2, 0.25) is 0 Å². The maximum atomic E-state index is 12.4. The van der Waals surface area contributed by atoms with Crippen molar-refractivity contribution >= 4 is 16.8 Å². The van der Waals surface area contributed by atoms with Gasteiger partial charge in [0.1, 0.15) is 0 Å². The molecule has 6 nitrogen and oxygen atoms in total. The Kier molecular flexibility index (Phi) is 5.25. The zero-order valence-corrected chi connectivity index (χ0v) is 14.1. The lowest BCUT2D eigenvalue weighted by Gasteiger charge is -2.32. The highest BCUT2D eigenvalue weighted by Gasteiger charge is 2.22. The largest absolute Gasteiger partial charge is 0.343 e. The van der Waals surface area contributed by atoms with Gasteiger partial charge in [-0.1, -0.05) is 12.1 Å². The fourth-order valence-corrected chi connectivity index (χ4v) is 3.31. The third-order valence-corrected chi connectivity index (χ3v) is 4.76. The average Bonchev–Trinajstić information content (AvgIpc) is 2.62. The summed E-state index contributed by atoms with van der Waals surface area (Å²) in [5.74, 6) is 0.782. The van der Waals surface area contributed by atoms with Gasteiger partial charge in [0, 0.05) is 26.1 Å². The van der Waals surface area contributed by atoms with Crippen molar-refractivity contribution in [2.24, 2.45) is 5.92 Å². The van der Waals surface area contributed by atoms with Crippen LogP contribution >= 0.6 is 0 Å². The van der Waals surface area contributed by atoms with Crippen LogP contribution in [0.4, 0.5) is 0 Å². The van der Waals surface area contributed by atoms with E-state index < -0.39 is 0 Å². The predicted molar refractivity (Wildman–Crippen MR) is 93.9 cm³/mol. The molecule has 1 aromatic heterocycles. The number of rotatable bonds is 5. The van der Waals surface area contributed by atoms with Crippen molar-refractivity contribution in [1.29, 1.82) is 0 Å². The molecule has 1 aliphatic heterocycles. The Morgan fingerprint density at radius 3 is 2.79 bits per heavy atom. The van der Waals surface area contributed by atoms with Gasteiger partial charge in [-0.2, -0.15) is 0 Å². The standard InChI is InChI=1S/C18H24N4O2/c1-19-12-14-6-9-21(10-7-14)17(23)8-11-22-13-20-16-5-3-2-4-15(16)18(22)24/h2-5,13-14,19H,6-12H2,1H3. The molecular weight excluding hydrogens is 304 g/mol. The lowest BCUT2D eigenvalue weighted by atomic mass is 9.96. The third-order valence-electron chi connectivity index (χ3n) is 4.76. The van der Waals surface area contributed by atoms with Crippen LogP contribution in [0.25, 0.3) is 10.9 Å². The lowest BCUT2D eigenvalue weighted by molar-refractivity contribution is -0.132. The van der Waals surface area contributed by atoms with Crippen LogP contribution in [0, 0.1) is 5.92 Å². The Morgan fingerprint density at radius 2 is 2.04 bits per heavy atom. The number of benzene rings is 1. The highest BCUT2D eigenvalue weighted by atomic mass is 16.2. The number of hydrogen-bond acceptors (Lipinski definition) is 4. The summed E-state index contributed by atoms with van der Waals surface area (Å²) in [7, 11) is 1.97. The first-order valence-electron chi connectivity index (χ1n) is 8.55. The van der Waals surface area contributed by atoms with E-state index in [1.54, 1.807) is 6.07 Å². The molecular formula is C18H24N4O2. The molecule has 24 heavy (non-hydrogen) atoms. The van der Waals surface area contributed by atoms with E-state index in [9.17, 15) is 9.59 Å². The maximum absolute atomic E-state index is 12.4. The number of amides is 1. The summed E-state index contributed by atoms with van der Waals surface area (Å²) in [4.78, 5) is 31.0. The SMILES string of the molecule is CNCC1CCN(C(=O)CCn2cnc3ccccc3c2=O)CC1. The first-order chi connectivity index (χ1) is 11.7. The molecule has 0 aliphatic carbocycles. The molecule has 0 spiro atoms. The van der Waals surface area contributed by atoms with Gasteiger partial charge in [0.25, 0.3) is 5.56 Å². The number of aryl methyl sites for hydroxylation is 1. The van der Waals surface area contributed by atoms with Gasteiger partial charge in [-0.25, -0.2) is 4.98 Å². The number of nitrogens with one attached hydrogen (secondary N) is 1. The molecule has 0 radical (unpaired) electrons. The summed E-state index contributed by atoms with van der Waals surface area (Å²) in [5, 5.41) is 3.80. The van der Waals surface area contributed by atoms with E-state index in [-0.39, 0.29) is 11.5 Å². The number of hydrogen-bond donors (Lipinski definition) is 1. The molecule has 6 heteroatoms. The topological polar surface area (TPSA) is 67.2 Å². The summed E-state index contributed by atoms with van der Waals surface area (Å²) < 4.78 is 1.54. The maximum Gasteiger partial charge on any atom is 0.261 e. The van der Waals surface area contributed by atoms with E-state index in [2.05, 4.69) is 10.3 Å². The van der Waals surface area contributed by atoms with Crippen molar-refractivity contribution in [2.75, 3.05) is 26.7 Å². The van der Waals surface area contributed by atoms with Crippen molar-refractivity contribution in [2.45, 2.75) is 25.8 Å². The third kappa shape index (κ3) is 3.64. The summed E-state index contributed by atoms with van der Waals surface area (Å²) in [6.45, 7) is 3.03. The number of piperidine rings is 1. The fourth-order valence-electron chi connectivity index (χ4n) is 3.31. The second-order valence-electron chi connectivity index (χ2n) is 6.39. The van der Waals surface area contributed by atoms with Crippen molar-refractivity contribution < 1.29 is 4.79 Å². The predicted octanol–water partition coefficient (Wildman–Crippen LogP) is 1.24. The summed E-state index contributed by atoms with van der Waals surface area (Å²) >= 11 is 0. The first kappa shape index (κ1) is 16.6. The van der Waals surface area contributed by atoms with Crippen molar-refractivity contribution in [1.82, 2.24) is 19.8 Å². The molecule has 0 atom stereocenters. The Morgan fingerprint density at radius 1 is 1.29 bits per heavy atom. The molecule has 0 saturated carbocycles. The number of likely N-dealkylation sites (tertiary alicyclic amines) is 1. The van der Waals surface area contributed by atoms with Gasteiger partial charge in [-0.3, -0.25) is 14.2 Å².